The minimum absolute atomic E-state index is 0.0509. The Hall–Kier alpha value is -3.01. The fraction of sp³-hybridized carbons (Fsp3) is 0.227. The molecule has 10 heteroatoms. The van der Waals surface area contributed by atoms with Gasteiger partial charge in [-0.15, -0.1) is 11.8 Å². The van der Waals surface area contributed by atoms with Crippen LogP contribution in [0.5, 0.6) is 0 Å². The van der Waals surface area contributed by atoms with Gasteiger partial charge in [-0.3, -0.25) is 24.0 Å². The van der Waals surface area contributed by atoms with Crippen molar-refractivity contribution >= 4 is 40.8 Å². The van der Waals surface area contributed by atoms with Crippen molar-refractivity contribution in [3.63, 3.8) is 0 Å². The summed E-state index contributed by atoms with van der Waals surface area (Å²) in [7, 11) is 1.49. The number of nitrogens with two attached hydrogens (primary N) is 1. The van der Waals surface area contributed by atoms with Crippen molar-refractivity contribution in [3.8, 4) is 0 Å². The molecule has 0 unspecified atom stereocenters. The number of benzene rings is 2. The average molecular weight is 475 g/mol. The summed E-state index contributed by atoms with van der Waals surface area (Å²) in [4.78, 5) is 43.2. The van der Waals surface area contributed by atoms with Crippen molar-refractivity contribution in [2.45, 2.75) is 18.0 Å². The average Bonchev–Trinajstić information content (AvgIpc) is 2.78. The number of nitrogen functional groups attached to an aromatic ring is 1. The Bertz CT molecular complexity index is 1230. The lowest BCUT2D eigenvalue weighted by atomic mass is 10.1. The molecular weight excluding hydrogens is 452 g/mol. The number of carbonyl (C=O) groups excluding carboxylic acids is 1. The van der Waals surface area contributed by atoms with Crippen LogP contribution in [0.2, 0.25) is 5.02 Å². The van der Waals surface area contributed by atoms with E-state index in [2.05, 4.69) is 4.98 Å². The lowest BCUT2D eigenvalue weighted by molar-refractivity contribution is 0.0984. The summed E-state index contributed by atoms with van der Waals surface area (Å²) in [6, 6.07) is 14.3. The number of nitrogens with zero attached hydrogens (tertiary/aromatic N) is 2. The molecule has 3 aromatic rings. The number of methoxy groups -OCH3 is 1. The number of carbonyl (C=O) groups is 1. The molecule has 0 aliphatic rings. The SMILES string of the molecule is COCCn1c(N)c(N(Cc2ccccc2)C(=O)c2cc(SC)ccc2Cl)c(=O)[nH]c1=O. The molecule has 3 rings (SSSR count). The Kier molecular flexibility index (Phi) is 7.79. The first kappa shape index (κ1) is 23.6. The first-order chi connectivity index (χ1) is 15.4. The fourth-order valence-corrected chi connectivity index (χ4v) is 3.84. The van der Waals surface area contributed by atoms with Crippen molar-refractivity contribution in [2.75, 3.05) is 30.6 Å². The van der Waals surface area contributed by atoms with E-state index in [0.29, 0.717) is 0 Å². The van der Waals surface area contributed by atoms with E-state index < -0.39 is 17.2 Å². The molecule has 0 fully saturated rings. The standard InChI is InChI=1S/C22H23ClN4O4S/c1-31-11-10-26-19(24)18(20(28)25-22(26)30)27(13-14-6-4-3-5-7-14)21(29)16-12-15(32-2)8-9-17(16)23/h3-9,12H,10-11,13,24H2,1-2H3,(H,25,28,30). The maximum Gasteiger partial charge on any atom is 0.330 e. The summed E-state index contributed by atoms with van der Waals surface area (Å²) in [5.74, 6) is -0.638. The molecule has 1 amide bonds. The topological polar surface area (TPSA) is 110 Å². The van der Waals surface area contributed by atoms with E-state index in [1.54, 1.807) is 18.2 Å². The third-order valence-corrected chi connectivity index (χ3v) is 5.89. The van der Waals surface area contributed by atoms with E-state index in [9.17, 15) is 14.4 Å². The van der Waals surface area contributed by atoms with E-state index in [-0.39, 0.29) is 41.8 Å². The van der Waals surface area contributed by atoms with Gasteiger partial charge in [-0.25, -0.2) is 4.79 Å². The molecule has 0 atom stereocenters. The third kappa shape index (κ3) is 5.07. The van der Waals surface area contributed by atoms with Crippen molar-refractivity contribution in [1.29, 1.82) is 0 Å². The minimum Gasteiger partial charge on any atom is -0.383 e. The second-order valence-corrected chi connectivity index (χ2v) is 8.15. The molecule has 0 saturated heterocycles. The maximum absolute atomic E-state index is 13.7. The number of amides is 1. The Morgan fingerprint density at radius 3 is 2.59 bits per heavy atom. The first-order valence-corrected chi connectivity index (χ1v) is 11.3. The Morgan fingerprint density at radius 2 is 1.94 bits per heavy atom. The van der Waals surface area contributed by atoms with Crippen LogP contribution in [0.3, 0.4) is 0 Å². The molecule has 3 N–H and O–H groups in total. The number of nitrogens with one attached hydrogen (secondary N) is 1. The molecule has 0 saturated carbocycles. The highest BCUT2D eigenvalue weighted by molar-refractivity contribution is 7.98. The predicted molar refractivity (Wildman–Crippen MR) is 128 cm³/mol. The second-order valence-electron chi connectivity index (χ2n) is 6.86. The van der Waals surface area contributed by atoms with Crippen LogP contribution < -0.4 is 21.9 Å². The van der Waals surface area contributed by atoms with E-state index in [1.165, 1.54) is 28.3 Å². The number of halogens is 1. The van der Waals surface area contributed by atoms with E-state index >= 15 is 0 Å². The van der Waals surface area contributed by atoms with Gasteiger partial charge in [0.05, 0.1) is 30.3 Å². The number of rotatable bonds is 8. The normalized spacial score (nSPS) is 10.8. The van der Waals surface area contributed by atoms with Crippen molar-refractivity contribution < 1.29 is 9.53 Å². The predicted octanol–water partition coefficient (Wildman–Crippen LogP) is 2.99. The van der Waals surface area contributed by atoms with Gasteiger partial charge in [0, 0.05) is 12.0 Å². The zero-order valence-corrected chi connectivity index (χ0v) is 19.2. The van der Waals surface area contributed by atoms with E-state index in [0.717, 1.165) is 10.5 Å². The Morgan fingerprint density at radius 1 is 1.22 bits per heavy atom. The van der Waals surface area contributed by atoms with Crippen LogP contribution in [0.25, 0.3) is 0 Å². The van der Waals surface area contributed by atoms with Gasteiger partial charge in [-0.05, 0) is 30.0 Å². The summed E-state index contributed by atoms with van der Waals surface area (Å²) in [6.45, 7) is 0.361. The highest BCUT2D eigenvalue weighted by Crippen LogP contribution is 2.28. The smallest absolute Gasteiger partial charge is 0.330 e. The summed E-state index contributed by atoms with van der Waals surface area (Å²) in [6.07, 6.45) is 1.88. The van der Waals surface area contributed by atoms with Crippen LogP contribution in [0.1, 0.15) is 15.9 Å². The molecule has 0 bridgehead atoms. The largest absolute Gasteiger partial charge is 0.383 e. The van der Waals surface area contributed by atoms with Crippen LogP contribution in [0, 0.1) is 0 Å². The molecule has 8 nitrogen and oxygen atoms in total. The third-order valence-electron chi connectivity index (χ3n) is 4.84. The number of thioether (sulfide) groups is 1. The maximum atomic E-state index is 13.7. The van der Waals surface area contributed by atoms with Crippen LogP contribution in [-0.4, -0.2) is 35.4 Å². The molecule has 0 radical (unpaired) electrons. The molecule has 32 heavy (non-hydrogen) atoms. The zero-order valence-electron chi connectivity index (χ0n) is 17.6. The second kappa shape index (κ2) is 10.5. The van der Waals surface area contributed by atoms with Gasteiger partial charge < -0.3 is 10.5 Å². The molecule has 1 aromatic heterocycles. The Labute approximate surface area is 194 Å². The molecule has 1 heterocycles. The van der Waals surface area contributed by atoms with Gasteiger partial charge in [0.1, 0.15) is 5.82 Å². The summed E-state index contributed by atoms with van der Waals surface area (Å²) >= 11 is 7.80. The number of aromatic nitrogens is 2. The molecule has 168 valence electrons. The quantitative estimate of drug-likeness (QED) is 0.485. The molecule has 0 spiro atoms. The number of hydrogen-bond donors (Lipinski definition) is 2. The van der Waals surface area contributed by atoms with E-state index in [4.69, 9.17) is 22.1 Å². The molecule has 0 aliphatic carbocycles. The minimum atomic E-state index is -0.761. The van der Waals surface area contributed by atoms with Gasteiger partial charge in [0.2, 0.25) is 0 Å². The van der Waals surface area contributed by atoms with Crippen LogP contribution in [0.15, 0.2) is 63.0 Å². The van der Waals surface area contributed by atoms with Gasteiger partial charge >= 0.3 is 5.69 Å². The summed E-state index contributed by atoms with van der Waals surface area (Å²) in [5.41, 5.74) is 5.68. The van der Waals surface area contributed by atoms with Crippen molar-refractivity contribution in [1.82, 2.24) is 9.55 Å². The summed E-state index contributed by atoms with van der Waals surface area (Å²) < 4.78 is 6.20. The number of ether oxygens (including phenoxy) is 1. The van der Waals surface area contributed by atoms with Crippen LogP contribution >= 0.6 is 23.4 Å². The molecule has 0 aliphatic heterocycles. The van der Waals surface area contributed by atoms with Crippen LogP contribution in [-0.2, 0) is 17.8 Å². The van der Waals surface area contributed by atoms with Gasteiger partial charge in [0.15, 0.2) is 5.69 Å². The van der Waals surface area contributed by atoms with Crippen molar-refractivity contribution in [3.05, 3.63) is 85.5 Å². The molecular formula is C22H23ClN4O4S. The monoisotopic (exact) mass is 474 g/mol. The highest BCUT2D eigenvalue weighted by atomic mass is 35.5. The van der Waals surface area contributed by atoms with Gasteiger partial charge in [-0.2, -0.15) is 0 Å². The number of anilines is 2. The Balaban J connectivity index is 2.19. The van der Waals surface area contributed by atoms with Gasteiger partial charge in [0.25, 0.3) is 11.5 Å². The zero-order chi connectivity index (χ0) is 23.3. The lowest BCUT2D eigenvalue weighted by Crippen LogP contribution is -2.41. The van der Waals surface area contributed by atoms with Gasteiger partial charge in [-0.1, -0.05) is 41.9 Å². The van der Waals surface area contributed by atoms with Crippen LogP contribution in [0.4, 0.5) is 11.5 Å². The summed E-state index contributed by atoms with van der Waals surface area (Å²) in [5, 5.41) is 0.244. The fourth-order valence-electron chi connectivity index (χ4n) is 3.20. The number of aromatic amines is 1. The number of hydrogen-bond acceptors (Lipinski definition) is 6. The van der Waals surface area contributed by atoms with Crippen molar-refractivity contribution in [2.24, 2.45) is 0 Å². The molecule has 2 aromatic carbocycles. The number of H-pyrrole nitrogens is 1. The highest BCUT2D eigenvalue weighted by Gasteiger charge is 2.27. The first-order valence-electron chi connectivity index (χ1n) is 9.68. The van der Waals surface area contributed by atoms with E-state index in [1.807, 2.05) is 36.6 Å². The lowest BCUT2D eigenvalue weighted by Gasteiger charge is -2.25.